The molecule has 1 aliphatic rings. The van der Waals surface area contributed by atoms with Crippen molar-refractivity contribution in [3.63, 3.8) is 0 Å². The summed E-state index contributed by atoms with van der Waals surface area (Å²) in [4.78, 5) is 2.01. The number of benzene rings is 1. The summed E-state index contributed by atoms with van der Waals surface area (Å²) in [6.45, 7) is 2.83. The quantitative estimate of drug-likeness (QED) is 0.738. The smallest absolute Gasteiger partial charge is 0.167 e. The second-order valence-corrected chi connectivity index (χ2v) is 5.41. The second kappa shape index (κ2) is 8.41. The fourth-order valence-electron chi connectivity index (χ4n) is 2.67. The minimum absolute atomic E-state index is 0.138. The molecule has 0 amide bonds. The van der Waals surface area contributed by atoms with Crippen LogP contribution in [-0.4, -0.2) is 51.5 Å². The van der Waals surface area contributed by atoms with E-state index < -0.39 is 11.6 Å². The third-order valence-electron chi connectivity index (χ3n) is 3.85. The zero-order valence-corrected chi connectivity index (χ0v) is 13.1. The van der Waals surface area contributed by atoms with E-state index in [-0.39, 0.29) is 18.2 Å². The predicted octanol–water partition coefficient (Wildman–Crippen LogP) is 2.60. The second-order valence-electron chi connectivity index (χ2n) is 5.41. The van der Waals surface area contributed by atoms with E-state index in [0.717, 1.165) is 25.5 Å². The maximum absolute atomic E-state index is 14.1. The van der Waals surface area contributed by atoms with Gasteiger partial charge in [0.15, 0.2) is 11.6 Å². The number of hydrogen-bond donors (Lipinski definition) is 0. The number of halogens is 2. The molecule has 1 aromatic carbocycles. The summed E-state index contributed by atoms with van der Waals surface area (Å²) in [7, 11) is 3.07. The van der Waals surface area contributed by atoms with Gasteiger partial charge >= 0.3 is 0 Å². The lowest BCUT2D eigenvalue weighted by Crippen LogP contribution is -2.34. The standard InChI is InChI=1S/C16H23F2NO3/c1-20-9-7-19(10-12-4-3-8-22-12)11-13-15(21-2)6-5-14(17)16(13)18/h5-6,12H,3-4,7-11H2,1-2H3. The van der Waals surface area contributed by atoms with Crippen molar-refractivity contribution in [2.45, 2.75) is 25.5 Å². The summed E-state index contributed by atoms with van der Waals surface area (Å²) < 4.78 is 43.5. The molecule has 0 aromatic heterocycles. The van der Waals surface area contributed by atoms with Gasteiger partial charge in [-0.3, -0.25) is 4.90 Å². The Labute approximate surface area is 130 Å². The Balaban J connectivity index is 2.12. The van der Waals surface area contributed by atoms with Crippen LogP contribution in [0.5, 0.6) is 5.75 Å². The summed E-state index contributed by atoms with van der Waals surface area (Å²) in [5.41, 5.74) is 0.233. The van der Waals surface area contributed by atoms with Crippen LogP contribution in [0.4, 0.5) is 8.78 Å². The Kier molecular flexibility index (Phi) is 6.54. The molecule has 0 N–H and O–H groups in total. The highest BCUT2D eigenvalue weighted by molar-refractivity contribution is 5.35. The van der Waals surface area contributed by atoms with Crippen molar-refractivity contribution < 1.29 is 23.0 Å². The van der Waals surface area contributed by atoms with Gasteiger partial charge in [-0.15, -0.1) is 0 Å². The Bertz CT molecular complexity index is 479. The molecule has 0 bridgehead atoms. The Morgan fingerprint density at radius 3 is 2.77 bits per heavy atom. The van der Waals surface area contributed by atoms with Crippen LogP contribution in [0.15, 0.2) is 12.1 Å². The van der Waals surface area contributed by atoms with Crippen molar-refractivity contribution in [1.29, 1.82) is 0 Å². The molecular formula is C16H23F2NO3. The minimum Gasteiger partial charge on any atom is -0.496 e. The van der Waals surface area contributed by atoms with Crippen LogP contribution in [0.25, 0.3) is 0 Å². The fraction of sp³-hybridized carbons (Fsp3) is 0.625. The Hall–Kier alpha value is -1.24. The fourth-order valence-corrected chi connectivity index (χ4v) is 2.67. The van der Waals surface area contributed by atoms with Gasteiger partial charge in [0.1, 0.15) is 5.75 Å². The molecule has 1 saturated heterocycles. The van der Waals surface area contributed by atoms with E-state index in [1.165, 1.54) is 13.2 Å². The van der Waals surface area contributed by atoms with Gasteiger partial charge in [-0.05, 0) is 25.0 Å². The van der Waals surface area contributed by atoms with Crippen molar-refractivity contribution in [2.24, 2.45) is 0 Å². The molecule has 1 heterocycles. The van der Waals surface area contributed by atoms with Crippen LogP contribution in [0.1, 0.15) is 18.4 Å². The number of nitrogens with zero attached hydrogens (tertiary/aromatic N) is 1. The zero-order valence-electron chi connectivity index (χ0n) is 13.1. The third-order valence-corrected chi connectivity index (χ3v) is 3.85. The maximum Gasteiger partial charge on any atom is 0.167 e. The minimum atomic E-state index is -0.861. The van der Waals surface area contributed by atoms with Crippen molar-refractivity contribution in [1.82, 2.24) is 4.90 Å². The average Bonchev–Trinajstić information content (AvgIpc) is 3.02. The topological polar surface area (TPSA) is 30.9 Å². The molecule has 1 unspecified atom stereocenters. The van der Waals surface area contributed by atoms with E-state index in [1.807, 2.05) is 4.90 Å². The molecule has 124 valence electrons. The first kappa shape index (κ1) is 17.1. The molecule has 4 nitrogen and oxygen atoms in total. The normalized spacial score (nSPS) is 18.1. The van der Waals surface area contributed by atoms with Crippen molar-refractivity contribution in [3.05, 3.63) is 29.3 Å². The molecule has 1 fully saturated rings. The van der Waals surface area contributed by atoms with Gasteiger partial charge in [0.05, 0.1) is 19.8 Å². The van der Waals surface area contributed by atoms with Gasteiger partial charge in [-0.2, -0.15) is 0 Å². The van der Waals surface area contributed by atoms with Gasteiger partial charge in [0, 0.05) is 38.9 Å². The lowest BCUT2D eigenvalue weighted by molar-refractivity contribution is 0.0580. The van der Waals surface area contributed by atoms with E-state index in [2.05, 4.69) is 0 Å². The van der Waals surface area contributed by atoms with Gasteiger partial charge in [0.25, 0.3) is 0 Å². The van der Waals surface area contributed by atoms with E-state index in [9.17, 15) is 8.78 Å². The van der Waals surface area contributed by atoms with Gasteiger partial charge in [-0.1, -0.05) is 0 Å². The molecular weight excluding hydrogens is 292 g/mol. The average molecular weight is 315 g/mol. The molecule has 6 heteroatoms. The zero-order chi connectivity index (χ0) is 15.9. The molecule has 1 atom stereocenters. The van der Waals surface area contributed by atoms with Crippen molar-refractivity contribution >= 4 is 0 Å². The van der Waals surface area contributed by atoms with E-state index in [4.69, 9.17) is 14.2 Å². The van der Waals surface area contributed by atoms with Gasteiger partial charge < -0.3 is 14.2 Å². The van der Waals surface area contributed by atoms with Gasteiger partial charge in [0.2, 0.25) is 0 Å². The lowest BCUT2D eigenvalue weighted by atomic mass is 10.1. The van der Waals surface area contributed by atoms with E-state index in [1.54, 1.807) is 7.11 Å². The molecule has 0 aliphatic carbocycles. The molecule has 1 aliphatic heterocycles. The Morgan fingerprint density at radius 2 is 2.14 bits per heavy atom. The van der Waals surface area contributed by atoms with Crippen molar-refractivity contribution in [3.8, 4) is 5.75 Å². The number of rotatable bonds is 8. The van der Waals surface area contributed by atoms with Crippen LogP contribution >= 0.6 is 0 Å². The number of hydrogen-bond acceptors (Lipinski definition) is 4. The number of methoxy groups -OCH3 is 2. The maximum atomic E-state index is 14.1. The molecule has 0 saturated carbocycles. The molecule has 22 heavy (non-hydrogen) atoms. The first-order valence-electron chi connectivity index (χ1n) is 7.49. The van der Waals surface area contributed by atoms with Gasteiger partial charge in [-0.25, -0.2) is 8.78 Å². The highest BCUT2D eigenvalue weighted by Crippen LogP contribution is 2.26. The van der Waals surface area contributed by atoms with E-state index in [0.29, 0.717) is 25.4 Å². The monoisotopic (exact) mass is 315 g/mol. The van der Waals surface area contributed by atoms with Crippen LogP contribution in [0.3, 0.4) is 0 Å². The van der Waals surface area contributed by atoms with Crippen molar-refractivity contribution in [2.75, 3.05) is 40.5 Å². The number of ether oxygens (including phenoxy) is 3. The Morgan fingerprint density at radius 1 is 1.32 bits per heavy atom. The highest BCUT2D eigenvalue weighted by atomic mass is 19.2. The van der Waals surface area contributed by atoms with Crippen LogP contribution in [0, 0.1) is 11.6 Å². The summed E-state index contributed by atoms with van der Waals surface area (Å²) in [6.07, 6.45) is 2.17. The van der Waals surface area contributed by atoms with Crippen LogP contribution < -0.4 is 4.74 Å². The summed E-state index contributed by atoms with van der Waals surface area (Å²) in [5.74, 6) is -1.36. The van der Waals surface area contributed by atoms with E-state index >= 15 is 0 Å². The molecule has 1 aromatic rings. The first-order valence-corrected chi connectivity index (χ1v) is 7.49. The van der Waals surface area contributed by atoms with Crippen LogP contribution in [-0.2, 0) is 16.0 Å². The summed E-state index contributed by atoms with van der Waals surface area (Å²) in [5, 5.41) is 0. The molecule has 2 rings (SSSR count). The van der Waals surface area contributed by atoms with Crippen LogP contribution in [0.2, 0.25) is 0 Å². The third kappa shape index (κ3) is 4.38. The summed E-state index contributed by atoms with van der Waals surface area (Å²) >= 11 is 0. The summed E-state index contributed by atoms with van der Waals surface area (Å²) in [6, 6.07) is 2.53. The first-order chi connectivity index (χ1) is 10.7. The molecule has 0 spiro atoms. The highest BCUT2D eigenvalue weighted by Gasteiger charge is 2.22. The largest absolute Gasteiger partial charge is 0.496 e. The SMILES string of the molecule is COCCN(Cc1c(OC)ccc(F)c1F)CC1CCCO1. The molecule has 0 radical (unpaired) electrons. The lowest BCUT2D eigenvalue weighted by Gasteiger charge is -2.26. The predicted molar refractivity (Wildman–Crippen MR) is 79.0 cm³/mol.